The molecule has 0 aliphatic carbocycles. The second kappa shape index (κ2) is 7.47. The van der Waals surface area contributed by atoms with Crippen molar-refractivity contribution in [1.29, 1.82) is 0 Å². The highest BCUT2D eigenvalue weighted by Gasteiger charge is 2.29. The van der Waals surface area contributed by atoms with Gasteiger partial charge in [0.25, 0.3) is 0 Å². The van der Waals surface area contributed by atoms with Crippen molar-refractivity contribution in [3.05, 3.63) is 30.2 Å². The van der Waals surface area contributed by atoms with Crippen molar-refractivity contribution in [2.24, 2.45) is 0 Å². The summed E-state index contributed by atoms with van der Waals surface area (Å²) >= 11 is 0. The largest absolute Gasteiger partial charge is 0.474 e. The number of carbonyl (C=O) groups is 1. The number of aromatic nitrogens is 3. The molecule has 0 atom stereocenters. The molecule has 154 valence electrons. The molecule has 0 saturated carbocycles. The molecule has 0 bridgehead atoms. The summed E-state index contributed by atoms with van der Waals surface area (Å²) in [6.45, 7) is 1.54. The number of amides is 1. The molecule has 11 heteroatoms. The standard InChI is InChI=1S/C18H21N5O5S/c1-29(26,27)15-3-2-12(10-19-15)23-9-6-14-16(23)20-11-21-17(14)28-13-4-7-22(8-5-13)18(24)25/h2-3,10-11,13H,4-9H2,1H3,(H,24,25). The van der Waals surface area contributed by atoms with Crippen molar-refractivity contribution >= 4 is 27.4 Å². The van der Waals surface area contributed by atoms with Crippen LogP contribution in [0.2, 0.25) is 0 Å². The lowest BCUT2D eigenvalue weighted by molar-refractivity contribution is 0.0865. The van der Waals surface area contributed by atoms with E-state index < -0.39 is 15.9 Å². The van der Waals surface area contributed by atoms with E-state index in [1.807, 2.05) is 4.90 Å². The Kier molecular flexibility index (Phi) is 4.99. The summed E-state index contributed by atoms with van der Waals surface area (Å²) in [7, 11) is -3.35. The van der Waals surface area contributed by atoms with Gasteiger partial charge in [0.2, 0.25) is 5.88 Å². The predicted octanol–water partition coefficient (Wildman–Crippen LogP) is 1.49. The van der Waals surface area contributed by atoms with Crippen molar-refractivity contribution in [3.8, 4) is 5.88 Å². The molecule has 4 heterocycles. The summed E-state index contributed by atoms with van der Waals surface area (Å²) in [5, 5.41) is 9.09. The molecule has 1 N–H and O–H groups in total. The minimum absolute atomic E-state index is 0.0279. The summed E-state index contributed by atoms with van der Waals surface area (Å²) in [5.74, 6) is 1.24. The first-order chi connectivity index (χ1) is 13.8. The molecule has 2 aromatic heterocycles. The molecule has 29 heavy (non-hydrogen) atoms. The summed E-state index contributed by atoms with van der Waals surface area (Å²) in [6.07, 6.45) is 5.02. The zero-order valence-corrected chi connectivity index (χ0v) is 16.7. The van der Waals surface area contributed by atoms with Crippen LogP contribution >= 0.6 is 0 Å². The number of ether oxygens (including phenoxy) is 1. The van der Waals surface area contributed by atoms with Crippen LogP contribution in [0.1, 0.15) is 18.4 Å². The van der Waals surface area contributed by atoms with Crippen LogP contribution in [0.4, 0.5) is 16.3 Å². The fourth-order valence-electron chi connectivity index (χ4n) is 3.60. The van der Waals surface area contributed by atoms with E-state index >= 15 is 0 Å². The zero-order valence-electron chi connectivity index (χ0n) is 15.9. The summed E-state index contributed by atoms with van der Waals surface area (Å²) in [4.78, 5) is 27.1. The van der Waals surface area contributed by atoms with E-state index in [4.69, 9.17) is 9.84 Å². The molecule has 0 aromatic carbocycles. The number of likely N-dealkylation sites (tertiary alicyclic amines) is 1. The molecule has 0 spiro atoms. The Balaban J connectivity index is 1.51. The lowest BCUT2D eigenvalue weighted by Gasteiger charge is -2.30. The van der Waals surface area contributed by atoms with Crippen molar-refractivity contribution < 1.29 is 23.1 Å². The number of carboxylic acid groups (broad SMARTS) is 1. The van der Waals surface area contributed by atoms with E-state index in [9.17, 15) is 13.2 Å². The second-order valence-electron chi connectivity index (χ2n) is 7.10. The first-order valence-corrected chi connectivity index (χ1v) is 11.1. The molecule has 1 saturated heterocycles. The number of piperidine rings is 1. The number of sulfone groups is 1. The van der Waals surface area contributed by atoms with Gasteiger partial charge in [0.15, 0.2) is 14.9 Å². The van der Waals surface area contributed by atoms with Crippen LogP contribution in [0.25, 0.3) is 0 Å². The van der Waals surface area contributed by atoms with Crippen molar-refractivity contribution in [2.45, 2.75) is 30.4 Å². The number of rotatable bonds is 4. The van der Waals surface area contributed by atoms with Crippen molar-refractivity contribution in [3.63, 3.8) is 0 Å². The SMILES string of the molecule is CS(=O)(=O)c1ccc(N2CCc3c(OC4CCN(C(=O)O)CC4)ncnc32)cn1. The zero-order chi connectivity index (χ0) is 20.6. The van der Waals surface area contributed by atoms with Gasteiger partial charge in [0.1, 0.15) is 18.2 Å². The van der Waals surface area contributed by atoms with Crippen LogP contribution in [0.15, 0.2) is 29.7 Å². The molecule has 1 fully saturated rings. The van der Waals surface area contributed by atoms with E-state index in [0.29, 0.717) is 50.6 Å². The third-order valence-electron chi connectivity index (χ3n) is 5.13. The van der Waals surface area contributed by atoms with Crippen LogP contribution in [-0.4, -0.2) is 71.5 Å². The molecular weight excluding hydrogens is 398 g/mol. The van der Waals surface area contributed by atoms with Crippen molar-refractivity contribution in [1.82, 2.24) is 19.9 Å². The number of hydrogen-bond acceptors (Lipinski definition) is 8. The summed E-state index contributed by atoms with van der Waals surface area (Å²) in [5.41, 5.74) is 1.64. The highest BCUT2D eigenvalue weighted by molar-refractivity contribution is 7.90. The lowest BCUT2D eigenvalue weighted by atomic mass is 10.1. The minimum Gasteiger partial charge on any atom is -0.474 e. The summed E-state index contributed by atoms with van der Waals surface area (Å²) < 4.78 is 29.3. The third-order valence-corrected chi connectivity index (χ3v) is 6.13. The molecule has 2 aliphatic heterocycles. The Morgan fingerprint density at radius 2 is 1.93 bits per heavy atom. The van der Waals surface area contributed by atoms with Gasteiger partial charge in [-0.25, -0.2) is 28.2 Å². The average molecular weight is 419 g/mol. The maximum Gasteiger partial charge on any atom is 0.407 e. The molecule has 1 amide bonds. The van der Waals surface area contributed by atoms with Gasteiger partial charge in [-0.15, -0.1) is 0 Å². The molecule has 0 radical (unpaired) electrons. The monoisotopic (exact) mass is 419 g/mol. The highest BCUT2D eigenvalue weighted by Crippen LogP contribution is 2.37. The first kappa shape index (κ1) is 19.4. The second-order valence-corrected chi connectivity index (χ2v) is 9.06. The molecular formula is C18H21N5O5S. The maximum atomic E-state index is 11.6. The van der Waals surface area contributed by atoms with Gasteiger partial charge in [0, 0.05) is 38.7 Å². The van der Waals surface area contributed by atoms with Crippen LogP contribution in [0.3, 0.4) is 0 Å². The third kappa shape index (κ3) is 3.95. The van der Waals surface area contributed by atoms with E-state index in [1.165, 1.54) is 23.5 Å². The number of fused-ring (bicyclic) bond motifs is 1. The van der Waals surface area contributed by atoms with E-state index in [0.717, 1.165) is 17.5 Å². The fourth-order valence-corrected chi connectivity index (χ4v) is 4.15. The van der Waals surface area contributed by atoms with Crippen LogP contribution in [-0.2, 0) is 16.3 Å². The van der Waals surface area contributed by atoms with Gasteiger partial charge in [-0.1, -0.05) is 0 Å². The molecule has 0 unspecified atom stereocenters. The Morgan fingerprint density at radius 1 is 1.17 bits per heavy atom. The Bertz CT molecular complexity index is 1020. The average Bonchev–Trinajstić information content (AvgIpc) is 3.13. The highest BCUT2D eigenvalue weighted by atomic mass is 32.2. The fraction of sp³-hybridized carbons (Fsp3) is 0.444. The van der Waals surface area contributed by atoms with Crippen LogP contribution in [0, 0.1) is 0 Å². The Hall–Kier alpha value is -2.95. The van der Waals surface area contributed by atoms with Crippen LogP contribution in [0.5, 0.6) is 5.88 Å². The smallest absolute Gasteiger partial charge is 0.407 e. The summed E-state index contributed by atoms with van der Waals surface area (Å²) in [6, 6.07) is 3.19. The Labute approximate surface area is 168 Å². The van der Waals surface area contributed by atoms with Crippen LogP contribution < -0.4 is 9.64 Å². The topological polar surface area (TPSA) is 126 Å². The molecule has 2 aromatic rings. The van der Waals surface area contributed by atoms with Gasteiger partial charge >= 0.3 is 6.09 Å². The maximum absolute atomic E-state index is 11.6. The number of pyridine rings is 1. The Morgan fingerprint density at radius 3 is 2.55 bits per heavy atom. The lowest BCUT2D eigenvalue weighted by Crippen LogP contribution is -2.41. The number of anilines is 2. The van der Waals surface area contributed by atoms with Gasteiger partial charge in [0.05, 0.1) is 17.4 Å². The van der Waals surface area contributed by atoms with Crippen molar-refractivity contribution in [2.75, 3.05) is 30.8 Å². The molecule has 10 nitrogen and oxygen atoms in total. The molecule has 2 aliphatic rings. The van der Waals surface area contributed by atoms with Gasteiger partial charge in [-0.3, -0.25) is 0 Å². The van der Waals surface area contributed by atoms with E-state index in [1.54, 1.807) is 6.07 Å². The molecule has 4 rings (SSSR count). The number of nitrogens with zero attached hydrogens (tertiary/aromatic N) is 5. The normalized spacial score (nSPS) is 17.3. The first-order valence-electron chi connectivity index (χ1n) is 9.25. The van der Waals surface area contributed by atoms with E-state index in [-0.39, 0.29) is 11.1 Å². The van der Waals surface area contributed by atoms with Gasteiger partial charge in [-0.2, -0.15) is 0 Å². The predicted molar refractivity (Wildman–Crippen MR) is 103 cm³/mol. The van der Waals surface area contributed by atoms with Gasteiger partial charge < -0.3 is 19.6 Å². The quantitative estimate of drug-likeness (QED) is 0.784. The minimum atomic E-state index is -3.35. The number of hydrogen-bond donors (Lipinski definition) is 1. The van der Waals surface area contributed by atoms with E-state index in [2.05, 4.69) is 15.0 Å². The van der Waals surface area contributed by atoms with Gasteiger partial charge in [-0.05, 0) is 18.6 Å².